The Hall–Kier alpha value is -0.640. The van der Waals surface area contributed by atoms with Crippen molar-refractivity contribution in [2.75, 3.05) is 26.2 Å². The third kappa shape index (κ3) is 3.94. The molecule has 0 aliphatic carbocycles. The fourth-order valence-electron chi connectivity index (χ4n) is 2.51. The number of hydrogen-bond donors (Lipinski definition) is 1. The SMILES string of the molecule is CCN(Cc1ccncc1Cl)CC1CCNCC1. The molecule has 1 aromatic heterocycles. The zero-order chi connectivity index (χ0) is 12.8. The summed E-state index contributed by atoms with van der Waals surface area (Å²) >= 11 is 6.17. The molecule has 100 valence electrons. The van der Waals surface area contributed by atoms with Gasteiger partial charge in [-0.05, 0) is 50.0 Å². The largest absolute Gasteiger partial charge is 0.317 e. The average Bonchev–Trinajstić information content (AvgIpc) is 2.41. The summed E-state index contributed by atoms with van der Waals surface area (Å²) in [5.74, 6) is 0.826. The van der Waals surface area contributed by atoms with Crippen LogP contribution in [0.15, 0.2) is 18.5 Å². The Bertz CT molecular complexity index is 364. The van der Waals surface area contributed by atoms with Crippen molar-refractivity contribution < 1.29 is 0 Å². The maximum Gasteiger partial charge on any atom is 0.0634 e. The Labute approximate surface area is 115 Å². The maximum atomic E-state index is 6.17. The molecule has 1 aliphatic rings. The van der Waals surface area contributed by atoms with Crippen molar-refractivity contribution >= 4 is 11.6 Å². The predicted octanol–water partition coefficient (Wildman–Crippen LogP) is 2.56. The summed E-state index contributed by atoms with van der Waals surface area (Å²) in [7, 11) is 0. The molecule has 1 saturated heterocycles. The first-order chi connectivity index (χ1) is 8.79. The van der Waals surface area contributed by atoms with Crippen LogP contribution in [-0.2, 0) is 6.54 Å². The monoisotopic (exact) mass is 267 g/mol. The summed E-state index contributed by atoms with van der Waals surface area (Å²) < 4.78 is 0. The van der Waals surface area contributed by atoms with Gasteiger partial charge in [0.2, 0.25) is 0 Å². The summed E-state index contributed by atoms with van der Waals surface area (Å²) in [5, 5.41) is 4.20. The van der Waals surface area contributed by atoms with Gasteiger partial charge in [-0.3, -0.25) is 9.88 Å². The fourth-order valence-corrected chi connectivity index (χ4v) is 2.69. The van der Waals surface area contributed by atoms with Crippen molar-refractivity contribution in [3.8, 4) is 0 Å². The van der Waals surface area contributed by atoms with Crippen LogP contribution in [0.25, 0.3) is 0 Å². The van der Waals surface area contributed by atoms with E-state index < -0.39 is 0 Å². The molecule has 4 heteroatoms. The number of halogens is 1. The van der Waals surface area contributed by atoms with Crippen LogP contribution >= 0.6 is 11.6 Å². The van der Waals surface area contributed by atoms with E-state index in [1.54, 1.807) is 6.20 Å². The van der Waals surface area contributed by atoms with Crippen LogP contribution in [0.4, 0.5) is 0 Å². The molecule has 0 spiro atoms. The van der Waals surface area contributed by atoms with Crippen LogP contribution in [0.3, 0.4) is 0 Å². The van der Waals surface area contributed by atoms with Crippen molar-refractivity contribution in [2.24, 2.45) is 5.92 Å². The fraction of sp³-hybridized carbons (Fsp3) is 0.643. The topological polar surface area (TPSA) is 28.2 Å². The van der Waals surface area contributed by atoms with Gasteiger partial charge in [0.25, 0.3) is 0 Å². The maximum absolute atomic E-state index is 6.17. The van der Waals surface area contributed by atoms with E-state index in [4.69, 9.17) is 11.6 Å². The first-order valence-electron chi connectivity index (χ1n) is 6.81. The highest BCUT2D eigenvalue weighted by molar-refractivity contribution is 6.31. The van der Waals surface area contributed by atoms with Gasteiger partial charge in [-0.2, -0.15) is 0 Å². The highest BCUT2D eigenvalue weighted by Gasteiger charge is 2.16. The van der Waals surface area contributed by atoms with Crippen LogP contribution in [0.1, 0.15) is 25.3 Å². The Morgan fingerprint density at radius 1 is 1.44 bits per heavy atom. The smallest absolute Gasteiger partial charge is 0.0634 e. The highest BCUT2D eigenvalue weighted by atomic mass is 35.5. The van der Waals surface area contributed by atoms with Crippen LogP contribution in [0, 0.1) is 5.92 Å². The van der Waals surface area contributed by atoms with Crippen LogP contribution < -0.4 is 5.32 Å². The van der Waals surface area contributed by atoms with Gasteiger partial charge in [0.15, 0.2) is 0 Å². The first-order valence-corrected chi connectivity index (χ1v) is 7.19. The highest BCUT2D eigenvalue weighted by Crippen LogP contribution is 2.18. The second-order valence-corrected chi connectivity index (χ2v) is 5.40. The van der Waals surface area contributed by atoms with E-state index in [9.17, 15) is 0 Å². The predicted molar refractivity (Wildman–Crippen MR) is 75.8 cm³/mol. The number of aromatic nitrogens is 1. The minimum atomic E-state index is 0.779. The Morgan fingerprint density at radius 2 is 2.22 bits per heavy atom. The van der Waals surface area contributed by atoms with Crippen molar-refractivity contribution in [1.29, 1.82) is 0 Å². The summed E-state index contributed by atoms with van der Waals surface area (Å²) in [5.41, 5.74) is 1.18. The third-order valence-corrected chi connectivity index (χ3v) is 4.01. The minimum Gasteiger partial charge on any atom is -0.317 e. The molecule has 1 aliphatic heterocycles. The number of rotatable bonds is 5. The molecule has 0 saturated carbocycles. The summed E-state index contributed by atoms with van der Waals surface area (Å²) in [6.07, 6.45) is 6.13. The zero-order valence-electron chi connectivity index (χ0n) is 11.0. The molecular weight excluding hydrogens is 246 g/mol. The van der Waals surface area contributed by atoms with E-state index in [-0.39, 0.29) is 0 Å². The van der Waals surface area contributed by atoms with Crippen LogP contribution in [0.5, 0.6) is 0 Å². The second kappa shape index (κ2) is 7.07. The van der Waals surface area contributed by atoms with Gasteiger partial charge in [-0.15, -0.1) is 0 Å². The van der Waals surface area contributed by atoms with Gasteiger partial charge < -0.3 is 5.32 Å². The summed E-state index contributed by atoms with van der Waals surface area (Å²) in [6.45, 7) is 7.73. The summed E-state index contributed by atoms with van der Waals surface area (Å²) in [4.78, 5) is 6.52. The Morgan fingerprint density at radius 3 is 2.89 bits per heavy atom. The lowest BCUT2D eigenvalue weighted by Crippen LogP contribution is -2.35. The third-order valence-electron chi connectivity index (χ3n) is 3.67. The van der Waals surface area contributed by atoms with Gasteiger partial charge in [0.1, 0.15) is 0 Å². The molecule has 0 unspecified atom stereocenters. The molecule has 0 amide bonds. The number of pyridine rings is 1. The lowest BCUT2D eigenvalue weighted by molar-refractivity contribution is 0.207. The molecule has 0 atom stereocenters. The van der Waals surface area contributed by atoms with E-state index in [1.807, 2.05) is 12.3 Å². The number of nitrogens with one attached hydrogen (secondary N) is 1. The molecule has 2 rings (SSSR count). The Kier molecular flexibility index (Phi) is 5.42. The van der Waals surface area contributed by atoms with Crippen molar-refractivity contribution in [3.05, 3.63) is 29.0 Å². The lowest BCUT2D eigenvalue weighted by atomic mass is 9.97. The molecule has 1 fully saturated rings. The first kappa shape index (κ1) is 13.8. The summed E-state index contributed by atoms with van der Waals surface area (Å²) in [6, 6.07) is 2.02. The van der Waals surface area contributed by atoms with E-state index >= 15 is 0 Å². The molecule has 0 aromatic carbocycles. The standard InChI is InChI=1S/C14H22ClN3/c1-2-18(10-12-3-6-16-7-4-12)11-13-5-8-17-9-14(13)15/h5,8-9,12,16H,2-4,6-7,10-11H2,1H3. The lowest BCUT2D eigenvalue weighted by Gasteiger charge is -2.29. The van der Waals surface area contributed by atoms with Crippen molar-refractivity contribution in [3.63, 3.8) is 0 Å². The zero-order valence-corrected chi connectivity index (χ0v) is 11.8. The quantitative estimate of drug-likeness (QED) is 0.889. The van der Waals surface area contributed by atoms with E-state index in [0.29, 0.717) is 0 Å². The van der Waals surface area contributed by atoms with Crippen molar-refractivity contribution in [2.45, 2.75) is 26.3 Å². The van der Waals surface area contributed by atoms with Gasteiger partial charge >= 0.3 is 0 Å². The van der Waals surface area contributed by atoms with Gasteiger partial charge in [-0.25, -0.2) is 0 Å². The molecular formula is C14H22ClN3. The Balaban J connectivity index is 1.90. The molecule has 2 heterocycles. The molecule has 1 aromatic rings. The van der Waals surface area contributed by atoms with Gasteiger partial charge in [-0.1, -0.05) is 18.5 Å². The van der Waals surface area contributed by atoms with Gasteiger partial charge in [0.05, 0.1) is 5.02 Å². The van der Waals surface area contributed by atoms with E-state index in [1.165, 1.54) is 24.9 Å². The van der Waals surface area contributed by atoms with Gasteiger partial charge in [0, 0.05) is 25.5 Å². The number of nitrogens with zero attached hydrogens (tertiary/aromatic N) is 2. The normalized spacial score (nSPS) is 17.3. The molecule has 1 N–H and O–H groups in total. The van der Waals surface area contributed by atoms with Crippen molar-refractivity contribution in [1.82, 2.24) is 15.2 Å². The minimum absolute atomic E-state index is 0.779. The second-order valence-electron chi connectivity index (χ2n) is 4.99. The molecule has 18 heavy (non-hydrogen) atoms. The number of hydrogen-bond acceptors (Lipinski definition) is 3. The van der Waals surface area contributed by atoms with Crippen LogP contribution in [0.2, 0.25) is 5.02 Å². The number of piperidine rings is 1. The molecule has 0 bridgehead atoms. The molecule has 0 radical (unpaired) electrons. The van der Waals surface area contributed by atoms with E-state index in [2.05, 4.69) is 22.1 Å². The molecule has 3 nitrogen and oxygen atoms in total. The van der Waals surface area contributed by atoms with E-state index in [0.717, 1.165) is 37.1 Å². The average molecular weight is 268 g/mol. The van der Waals surface area contributed by atoms with Crippen LogP contribution in [-0.4, -0.2) is 36.1 Å².